The van der Waals surface area contributed by atoms with Crippen LogP contribution in [0.15, 0.2) is 36.4 Å². The first kappa shape index (κ1) is 19.2. The summed E-state index contributed by atoms with van der Waals surface area (Å²) in [5, 5.41) is 2.79. The minimum atomic E-state index is -0.988. The molecule has 0 heterocycles. The fraction of sp³-hybridized carbons (Fsp3) is 0.300. The highest BCUT2D eigenvalue weighted by Gasteiger charge is 2.19. The lowest BCUT2D eigenvalue weighted by molar-refractivity contribution is -0.155. The van der Waals surface area contributed by atoms with E-state index in [9.17, 15) is 14.0 Å². The topological polar surface area (TPSA) is 64.6 Å². The van der Waals surface area contributed by atoms with Gasteiger partial charge in [0.2, 0.25) is 0 Å². The normalized spacial score (nSPS) is 13.6. The highest BCUT2D eigenvalue weighted by atomic mass is 35.5. The number of nitrogens with one attached hydrogen (secondary N) is 1. The molecule has 0 aromatic heterocycles. The zero-order valence-electron chi connectivity index (χ0n) is 14.8. The summed E-state index contributed by atoms with van der Waals surface area (Å²) in [5.74, 6) is -1.51. The number of rotatable bonds is 6. The number of fused-ring (bicyclic) bond motifs is 1. The van der Waals surface area contributed by atoms with Crippen LogP contribution in [0.2, 0.25) is 5.02 Å². The van der Waals surface area contributed by atoms with E-state index < -0.39 is 30.4 Å². The maximum Gasteiger partial charge on any atom is 0.344 e. The molecule has 0 saturated heterocycles. The number of aryl methyl sites for hydroxylation is 2. The van der Waals surface area contributed by atoms with Crippen LogP contribution in [0.1, 0.15) is 24.5 Å². The van der Waals surface area contributed by atoms with E-state index in [4.69, 9.17) is 21.1 Å². The van der Waals surface area contributed by atoms with Crippen molar-refractivity contribution in [2.75, 3.05) is 11.9 Å². The van der Waals surface area contributed by atoms with E-state index in [-0.39, 0.29) is 10.8 Å². The molecule has 7 heteroatoms. The summed E-state index contributed by atoms with van der Waals surface area (Å²) < 4.78 is 23.3. The predicted octanol–water partition coefficient (Wildman–Crippen LogP) is 3.92. The number of hydrogen-bond acceptors (Lipinski definition) is 4. The first-order chi connectivity index (χ1) is 12.9. The lowest BCUT2D eigenvalue weighted by atomic mass is 10.1. The van der Waals surface area contributed by atoms with Gasteiger partial charge in [-0.3, -0.25) is 4.79 Å². The number of ether oxygens (including phenoxy) is 2. The molecule has 2 aromatic rings. The van der Waals surface area contributed by atoms with Gasteiger partial charge in [0.05, 0.1) is 5.02 Å². The summed E-state index contributed by atoms with van der Waals surface area (Å²) in [6.45, 7) is 1.04. The Morgan fingerprint density at radius 2 is 1.96 bits per heavy atom. The van der Waals surface area contributed by atoms with Crippen LogP contribution >= 0.6 is 11.6 Å². The van der Waals surface area contributed by atoms with Gasteiger partial charge < -0.3 is 14.8 Å². The average Bonchev–Trinajstić information content (AvgIpc) is 3.08. The van der Waals surface area contributed by atoms with E-state index in [0.29, 0.717) is 5.69 Å². The maximum absolute atomic E-state index is 13.0. The molecular weight excluding hydrogens is 373 g/mol. The van der Waals surface area contributed by atoms with Gasteiger partial charge in [0.15, 0.2) is 12.7 Å². The van der Waals surface area contributed by atoms with Crippen molar-refractivity contribution in [3.63, 3.8) is 0 Å². The predicted molar refractivity (Wildman–Crippen MR) is 99.6 cm³/mol. The molecule has 0 unspecified atom stereocenters. The molecule has 1 aliphatic carbocycles. The lowest BCUT2D eigenvalue weighted by Gasteiger charge is -2.14. The molecule has 2 aromatic carbocycles. The molecule has 0 spiro atoms. The molecule has 142 valence electrons. The summed E-state index contributed by atoms with van der Waals surface area (Å²) in [4.78, 5) is 24.1. The molecule has 3 rings (SSSR count). The van der Waals surface area contributed by atoms with Gasteiger partial charge in [-0.15, -0.1) is 0 Å². The Balaban J connectivity index is 1.49. The Kier molecular flexibility index (Phi) is 5.96. The number of benzene rings is 2. The zero-order valence-corrected chi connectivity index (χ0v) is 15.5. The van der Waals surface area contributed by atoms with Crippen molar-refractivity contribution in [2.45, 2.75) is 32.3 Å². The Labute approximate surface area is 161 Å². The van der Waals surface area contributed by atoms with Crippen molar-refractivity contribution in [3.05, 3.63) is 58.4 Å². The quantitative estimate of drug-likeness (QED) is 0.758. The third-order valence-corrected chi connectivity index (χ3v) is 4.58. The van der Waals surface area contributed by atoms with E-state index in [0.717, 1.165) is 25.3 Å². The van der Waals surface area contributed by atoms with Gasteiger partial charge in [0, 0.05) is 5.69 Å². The van der Waals surface area contributed by atoms with E-state index >= 15 is 0 Å². The van der Waals surface area contributed by atoms with Crippen LogP contribution in [0.4, 0.5) is 10.1 Å². The van der Waals surface area contributed by atoms with E-state index in [1.807, 2.05) is 18.2 Å². The minimum absolute atomic E-state index is 0.0465. The number of hydrogen-bond donors (Lipinski definition) is 1. The lowest BCUT2D eigenvalue weighted by Crippen LogP contribution is -2.31. The van der Waals surface area contributed by atoms with E-state index in [1.165, 1.54) is 30.2 Å². The largest absolute Gasteiger partial charge is 0.480 e. The van der Waals surface area contributed by atoms with Crippen LogP contribution < -0.4 is 10.1 Å². The Morgan fingerprint density at radius 3 is 2.74 bits per heavy atom. The fourth-order valence-electron chi connectivity index (χ4n) is 2.91. The number of carbonyl (C=O) groups excluding carboxylic acids is 2. The van der Waals surface area contributed by atoms with Crippen molar-refractivity contribution in [3.8, 4) is 5.75 Å². The molecule has 1 amide bonds. The first-order valence-electron chi connectivity index (χ1n) is 8.62. The first-order valence-corrected chi connectivity index (χ1v) is 9.00. The Bertz CT molecular complexity index is 871. The molecule has 1 aliphatic rings. The van der Waals surface area contributed by atoms with Crippen LogP contribution in [0.25, 0.3) is 0 Å². The molecule has 0 saturated carbocycles. The average molecular weight is 392 g/mol. The summed E-state index contributed by atoms with van der Waals surface area (Å²) in [6, 6.07) is 9.36. The summed E-state index contributed by atoms with van der Waals surface area (Å²) in [7, 11) is 0. The van der Waals surface area contributed by atoms with Gasteiger partial charge in [-0.1, -0.05) is 17.7 Å². The smallest absolute Gasteiger partial charge is 0.344 e. The number of halogens is 2. The second kappa shape index (κ2) is 8.39. The van der Waals surface area contributed by atoms with Gasteiger partial charge in [-0.25, -0.2) is 9.18 Å². The third-order valence-electron chi connectivity index (χ3n) is 4.28. The molecule has 0 bridgehead atoms. The molecule has 27 heavy (non-hydrogen) atoms. The second-order valence-corrected chi connectivity index (χ2v) is 6.73. The van der Waals surface area contributed by atoms with Gasteiger partial charge in [-0.05, 0) is 67.6 Å². The van der Waals surface area contributed by atoms with Crippen molar-refractivity contribution < 1.29 is 23.5 Å². The van der Waals surface area contributed by atoms with Gasteiger partial charge in [-0.2, -0.15) is 0 Å². The molecule has 0 aliphatic heterocycles. The standard InChI is InChI=1S/C20H19ClFNO4/c1-12(20(25)23-16-7-5-13-3-2-4-14(13)9-16)27-19(24)11-26-18-8-6-15(22)10-17(18)21/h5-10,12H,2-4,11H2,1H3,(H,23,25)/t12-/m1/s1. The molecule has 5 nitrogen and oxygen atoms in total. The number of esters is 1. The summed E-state index contributed by atoms with van der Waals surface area (Å²) >= 11 is 5.82. The molecular formula is C20H19ClFNO4. The van der Waals surface area contributed by atoms with Crippen LogP contribution in [0.3, 0.4) is 0 Å². The molecule has 0 radical (unpaired) electrons. The Hall–Kier alpha value is -2.60. The minimum Gasteiger partial charge on any atom is -0.480 e. The number of amides is 1. The number of carbonyl (C=O) groups is 2. The second-order valence-electron chi connectivity index (χ2n) is 6.32. The SMILES string of the molecule is C[C@@H](OC(=O)COc1ccc(F)cc1Cl)C(=O)Nc1ccc2c(c1)CCC2. The van der Waals surface area contributed by atoms with Crippen LogP contribution in [0, 0.1) is 5.82 Å². The maximum atomic E-state index is 13.0. The van der Waals surface area contributed by atoms with Gasteiger partial charge in [0.25, 0.3) is 5.91 Å². The fourth-order valence-corrected chi connectivity index (χ4v) is 3.13. The molecule has 1 N–H and O–H groups in total. The molecule has 1 atom stereocenters. The van der Waals surface area contributed by atoms with E-state index in [2.05, 4.69) is 5.32 Å². The van der Waals surface area contributed by atoms with E-state index in [1.54, 1.807) is 0 Å². The monoisotopic (exact) mass is 391 g/mol. The van der Waals surface area contributed by atoms with Gasteiger partial charge in [0.1, 0.15) is 11.6 Å². The summed E-state index contributed by atoms with van der Waals surface area (Å²) in [6.07, 6.45) is 2.21. The summed E-state index contributed by atoms with van der Waals surface area (Å²) in [5.41, 5.74) is 3.23. The highest BCUT2D eigenvalue weighted by molar-refractivity contribution is 6.32. The van der Waals surface area contributed by atoms with Crippen molar-refractivity contribution in [2.24, 2.45) is 0 Å². The zero-order chi connectivity index (χ0) is 19.4. The number of anilines is 1. The third kappa shape index (κ3) is 4.98. The van der Waals surface area contributed by atoms with Crippen molar-refractivity contribution in [1.29, 1.82) is 0 Å². The van der Waals surface area contributed by atoms with Crippen LogP contribution in [-0.2, 0) is 27.2 Å². The van der Waals surface area contributed by atoms with Crippen molar-refractivity contribution >= 4 is 29.2 Å². The Morgan fingerprint density at radius 1 is 1.19 bits per heavy atom. The molecule has 0 fully saturated rings. The van der Waals surface area contributed by atoms with Crippen LogP contribution in [0.5, 0.6) is 5.75 Å². The highest BCUT2D eigenvalue weighted by Crippen LogP contribution is 2.26. The van der Waals surface area contributed by atoms with Gasteiger partial charge >= 0.3 is 5.97 Å². The van der Waals surface area contributed by atoms with Crippen molar-refractivity contribution in [1.82, 2.24) is 0 Å². The van der Waals surface area contributed by atoms with Crippen LogP contribution in [-0.4, -0.2) is 24.6 Å².